The van der Waals surface area contributed by atoms with E-state index in [1.807, 2.05) is 36.4 Å². The van der Waals surface area contributed by atoms with E-state index in [9.17, 15) is 18.3 Å². The number of rotatable bonds is 5. The van der Waals surface area contributed by atoms with Gasteiger partial charge in [0.15, 0.2) is 4.87 Å². The molecule has 0 heterocycles. The fraction of sp³-hybridized carbons (Fsp3) is 0.150. The van der Waals surface area contributed by atoms with E-state index >= 15 is 0 Å². The summed E-state index contributed by atoms with van der Waals surface area (Å²) in [5.74, 6) is -1.13. The summed E-state index contributed by atoms with van der Waals surface area (Å²) in [6.45, 7) is 0. The van der Waals surface area contributed by atoms with Gasteiger partial charge in [0.2, 0.25) is 0 Å². The number of phenolic OH excluding ortho intramolecular Hbond substituents is 1. The highest BCUT2D eigenvalue weighted by Gasteiger charge is 2.40. The second-order valence-corrected chi connectivity index (χ2v) is 8.35. The Hall–Kier alpha value is -3.10. The van der Waals surface area contributed by atoms with E-state index in [0.29, 0.717) is 0 Å². The molecule has 0 saturated heterocycles. The predicted octanol–water partition coefficient (Wildman–Crippen LogP) is 2.62. The lowest BCUT2D eigenvalue weighted by atomic mass is 9.94. The van der Waals surface area contributed by atoms with Crippen LogP contribution in [-0.4, -0.2) is 31.5 Å². The number of methoxy groups -OCH3 is 1. The Kier molecular flexibility index (Phi) is 5.26. The number of sulfonamides is 1. The minimum atomic E-state index is -4.06. The maximum Gasteiger partial charge on any atom is 0.341 e. The molecule has 3 rings (SSSR count). The average Bonchev–Trinajstić information content (AvgIpc) is 2.68. The van der Waals surface area contributed by atoms with Crippen LogP contribution in [0.4, 0.5) is 5.69 Å². The van der Waals surface area contributed by atoms with Crippen LogP contribution < -0.4 is 10.5 Å². The maximum atomic E-state index is 13.0. The number of allylic oxidation sites excluding steroid dienone is 2. The van der Waals surface area contributed by atoms with Crippen molar-refractivity contribution < 1.29 is 23.1 Å². The fourth-order valence-corrected chi connectivity index (χ4v) is 4.14. The minimum Gasteiger partial charge on any atom is -0.507 e. The quantitative estimate of drug-likeness (QED) is 0.664. The van der Waals surface area contributed by atoms with E-state index in [-0.39, 0.29) is 17.7 Å². The van der Waals surface area contributed by atoms with Crippen molar-refractivity contribution in [2.75, 3.05) is 11.8 Å². The Morgan fingerprint density at radius 2 is 1.93 bits per heavy atom. The number of anilines is 1. The molecule has 4 N–H and O–H groups in total. The Morgan fingerprint density at radius 3 is 2.57 bits per heavy atom. The predicted molar refractivity (Wildman–Crippen MR) is 107 cm³/mol. The number of esters is 1. The number of ether oxygens (including phenoxy) is 1. The minimum absolute atomic E-state index is 0.0697. The molecule has 7 nitrogen and oxygen atoms in total. The molecule has 0 radical (unpaired) electrons. The summed E-state index contributed by atoms with van der Waals surface area (Å²) >= 11 is 0. The van der Waals surface area contributed by atoms with Gasteiger partial charge in [0.1, 0.15) is 11.3 Å². The van der Waals surface area contributed by atoms with Gasteiger partial charge in [-0.2, -0.15) is 0 Å². The van der Waals surface area contributed by atoms with Crippen LogP contribution in [0.5, 0.6) is 5.75 Å². The number of nitrogens with one attached hydrogen (secondary N) is 1. The van der Waals surface area contributed by atoms with Gasteiger partial charge in [-0.25, -0.2) is 13.2 Å². The van der Waals surface area contributed by atoms with Gasteiger partial charge in [-0.05, 0) is 29.3 Å². The van der Waals surface area contributed by atoms with Gasteiger partial charge in [-0.1, -0.05) is 42.5 Å². The van der Waals surface area contributed by atoms with Gasteiger partial charge in [-0.3, -0.25) is 4.72 Å². The molecule has 2 aromatic carbocycles. The van der Waals surface area contributed by atoms with Crippen LogP contribution in [-0.2, 0) is 14.8 Å². The number of nitrogens with two attached hydrogens (primary N) is 1. The van der Waals surface area contributed by atoms with Crippen LogP contribution in [0, 0.1) is 0 Å². The van der Waals surface area contributed by atoms with Gasteiger partial charge in [0.25, 0.3) is 10.0 Å². The molecule has 0 saturated carbocycles. The van der Waals surface area contributed by atoms with Crippen LogP contribution >= 0.6 is 0 Å². The number of phenols is 1. The van der Waals surface area contributed by atoms with Crippen molar-refractivity contribution in [3.05, 3.63) is 77.9 Å². The van der Waals surface area contributed by atoms with Gasteiger partial charge < -0.3 is 15.6 Å². The third-order valence-corrected chi connectivity index (χ3v) is 6.23. The van der Waals surface area contributed by atoms with Crippen molar-refractivity contribution >= 4 is 27.3 Å². The van der Waals surface area contributed by atoms with E-state index in [2.05, 4.69) is 9.46 Å². The van der Waals surface area contributed by atoms with E-state index in [1.165, 1.54) is 25.3 Å². The zero-order valence-corrected chi connectivity index (χ0v) is 15.9. The zero-order chi connectivity index (χ0) is 20.4. The maximum absolute atomic E-state index is 13.0. The molecule has 8 heteroatoms. The molecule has 0 bridgehead atoms. The molecule has 0 fully saturated rings. The fourth-order valence-electron chi connectivity index (χ4n) is 2.91. The van der Waals surface area contributed by atoms with Gasteiger partial charge in [0, 0.05) is 12.5 Å². The first-order valence-corrected chi connectivity index (χ1v) is 9.90. The lowest BCUT2D eigenvalue weighted by Crippen LogP contribution is -2.49. The molecule has 28 heavy (non-hydrogen) atoms. The number of hydrogen-bond acceptors (Lipinski definition) is 6. The summed E-state index contributed by atoms with van der Waals surface area (Å²) in [5.41, 5.74) is 7.93. The van der Waals surface area contributed by atoms with Crippen LogP contribution in [0.1, 0.15) is 22.3 Å². The molecule has 0 aromatic heterocycles. The second kappa shape index (κ2) is 7.49. The van der Waals surface area contributed by atoms with Crippen molar-refractivity contribution in [1.82, 2.24) is 0 Å². The summed E-state index contributed by atoms with van der Waals surface area (Å²) in [7, 11) is -2.88. The van der Waals surface area contributed by atoms with E-state index in [4.69, 9.17) is 5.73 Å². The molecule has 0 aliphatic heterocycles. The number of aromatic hydroxyl groups is 1. The van der Waals surface area contributed by atoms with Gasteiger partial charge in [-0.15, -0.1) is 0 Å². The van der Waals surface area contributed by atoms with Crippen LogP contribution in [0.25, 0.3) is 5.57 Å². The topological polar surface area (TPSA) is 119 Å². The lowest BCUT2D eigenvalue weighted by Gasteiger charge is -2.30. The smallest absolute Gasteiger partial charge is 0.341 e. The molecule has 2 aromatic rings. The van der Waals surface area contributed by atoms with E-state index in [1.54, 1.807) is 6.08 Å². The number of benzene rings is 2. The summed E-state index contributed by atoms with van der Waals surface area (Å²) in [6, 6.07) is 13.1. The van der Waals surface area contributed by atoms with Crippen LogP contribution in [0.15, 0.2) is 66.8 Å². The van der Waals surface area contributed by atoms with E-state index < -0.39 is 26.6 Å². The van der Waals surface area contributed by atoms with Gasteiger partial charge >= 0.3 is 5.97 Å². The van der Waals surface area contributed by atoms with Crippen LogP contribution in [0.3, 0.4) is 0 Å². The third kappa shape index (κ3) is 3.78. The monoisotopic (exact) mass is 400 g/mol. The number of carbonyl (C=O) groups is 1. The molecule has 0 amide bonds. The Bertz CT molecular complexity index is 1060. The van der Waals surface area contributed by atoms with Crippen molar-refractivity contribution in [1.29, 1.82) is 0 Å². The summed E-state index contributed by atoms with van der Waals surface area (Å²) in [6.07, 6.45) is 4.94. The van der Waals surface area contributed by atoms with Crippen molar-refractivity contribution in [2.45, 2.75) is 11.3 Å². The molecule has 1 aliphatic carbocycles. The summed E-state index contributed by atoms with van der Waals surface area (Å²) < 4.78 is 32.8. The molecule has 0 spiro atoms. The first kappa shape index (κ1) is 19.7. The van der Waals surface area contributed by atoms with Crippen LogP contribution in [0.2, 0.25) is 0 Å². The first-order chi connectivity index (χ1) is 13.3. The summed E-state index contributed by atoms with van der Waals surface area (Å²) in [4.78, 5) is 9.87. The zero-order valence-electron chi connectivity index (χ0n) is 15.1. The van der Waals surface area contributed by atoms with Crippen molar-refractivity contribution in [2.24, 2.45) is 5.73 Å². The molecule has 1 unspecified atom stereocenters. The largest absolute Gasteiger partial charge is 0.507 e. The SMILES string of the molecule is COC(=O)c1ccc(NS(=O)(=O)C2(N)C=CC=C(c3ccccc3)C2)cc1O. The highest BCUT2D eigenvalue weighted by molar-refractivity contribution is 7.94. The molecular formula is C20H20N2O5S. The molecule has 1 aliphatic rings. The second-order valence-electron chi connectivity index (χ2n) is 6.38. The number of carbonyl (C=O) groups excluding carboxylic acids is 1. The summed E-state index contributed by atoms with van der Waals surface area (Å²) in [5, 5.41) is 9.96. The number of hydrogen-bond donors (Lipinski definition) is 3. The van der Waals surface area contributed by atoms with Crippen molar-refractivity contribution in [3.8, 4) is 5.75 Å². The highest BCUT2D eigenvalue weighted by atomic mass is 32.2. The van der Waals surface area contributed by atoms with E-state index in [0.717, 1.165) is 17.2 Å². The first-order valence-electron chi connectivity index (χ1n) is 8.42. The Morgan fingerprint density at radius 1 is 1.21 bits per heavy atom. The molecule has 1 atom stereocenters. The van der Waals surface area contributed by atoms with Gasteiger partial charge in [0.05, 0.1) is 12.8 Å². The Labute approximate surface area is 163 Å². The standard InChI is InChI=1S/C20H20N2O5S/c1-27-19(24)17-10-9-16(12-18(17)23)22-28(25,26)20(21)11-5-8-15(13-20)14-6-3-2-4-7-14/h2-12,22-23H,13,21H2,1H3. The Balaban J connectivity index is 1.85. The average molecular weight is 400 g/mol. The third-order valence-electron chi connectivity index (χ3n) is 4.44. The molecular weight excluding hydrogens is 380 g/mol. The van der Waals surface area contributed by atoms with Crippen molar-refractivity contribution in [3.63, 3.8) is 0 Å². The highest BCUT2D eigenvalue weighted by Crippen LogP contribution is 2.33. The lowest BCUT2D eigenvalue weighted by molar-refractivity contribution is 0.0597. The normalized spacial score (nSPS) is 19.0. The molecule has 146 valence electrons.